The SMILES string of the molecule is CCn1c2ccccc2c2cc(NC(=O)C(C)NC(=O)c3ccoc3)ccc21. The number of carbonyl (C=O) groups excluding carboxylic acids is 2. The molecule has 4 rings (SSSR count). The van der Waals surface area contributed by atoms with Crippen LogP contribution in [-0.4, -0.2) is 22.4 Å². The number of hydrogen-bond donors (Lipinski definition) is 2. The molecule has 2 aromatic carbocycles. The average Bonchev–Trinajstić information content (AvgIpc) is 3.34. The van der Waals surface area contributed by atoms with E-state index in [4.69, 9.17) is 4.42 Å². The van der Waals surface area contributed by atoms with E-state index in [1.165, 1.54) is 18.0 Å². The van der Waals surface area contributed by atoms with Crippen molar-refractivity contribution in [3.8, 4) is 0 Å². The molecule has 0 fully saturated rings. The summed E-state index contributed by atoms with van der Waals surface area (Å²) >= 11 is 0. The Balaban J connectivity index is 1.57. The molecule has 2 N–H and O–H groups in total. The zero-order valence-corrected chi connectivity index (χ0v) is 15.7. The number of amides is 2. The zero-order valence-electron chi connectivity index (χ0n) is 15.7. The van der Waals surface area contributed by atoms with Gasteiger partial charge in [0.1, 0.15) is 12.3 Å². The third-order valence-electron chi connectivity index (χ3n) is 4.88. The highest BCUT2D eigenvalue weighted by atomic mass is 16.3. The highest BCUT2D eigenvalue weighted by Gasteiger charge is 2.18. The smallest absolute Gasteiger partial charge is 0.255 e. The van der Waals surface area contributed by atoms with E-state index in [1.807, 2.05) is 30.3 Å². The Kier molecular flexibility index (Phi) is 4.61. The molecule has 0 radical (unpaired) electrons. The molecule has 4 aromatic rings. The van der Waals surface area contributed by atoms with Crippen LogP contribution in [-0.2, 0) is 11.3 Å². The van der Waals surface area contributed by atoms with E-state index in [9.17, 15) is 9.59 Å². The van der Waals surface area contributed by atoms with Crippen LogP contribution in [0.2, 0.25) is 0 Å². The molecule has 142 valence electrons. The molecule has 6 nitrogen and oxygen atoms in total. The first-order chi connectivity index (χ1) is 13.6. The van der Waals surface area contributed by atoms with Gasteiger partial charge in [0.25, 0.3) is 5.91 Å². The fourth-order valence-corrected chi connectivity index (χ4v) is 3.46. The number of furan rings is 1. The second-order valence-corrected chi connectivity index (χ2v) is 6.69. The molecule has 1 unspecified atom stereocenters. The lowest BCUT2D eigenvalue weighted by molar-refractivity contribution is -0.117. The zero-order chi connectivity index (χ0) is 19.7. The van der Waals surface area contributed by atoms with Gasteiger partial charge < -0.3 is 19.6 Å². The lowest BCUT2D eigenvalue weighted by atomic mass is 10.1. The van der Waals surface area contributed by atoms with Gasteiger partial charge in [-0.3, -0.25) is 9.59 Å². The van der Waals surface area contributed by atoms with Crippen LogP contribution in [0.3, 0.4) is 0 Å². The normalized spacial score (nSPS) is 12.2. The number of fused-ring (bicyclic) bond motifs is 3. The number of hydrogen-bond acceptors (Lipinski definition) is 3. The van der Waals surface area contributed by atoms with Gasteiger partial charge in [-0.1, -0.05) is 18.2 Å². The second-order valence-electron chi connectivity index (χ2n) is 6.69. The Hall–Kier alpha value is -3.54. The minimum Gasteiger partial charge on any atom is -0.472 e. The molecule has 0 aliphatic carbocycles. The quantitative estimate of drug-likeness (QED) is 0.550. The molecule has 0 aliphatic rings. The highest BCUT2D eigenvalue weighted by molar-refractivity contribution is 6.10. The van der Waals surface area contributed by atoms with Crippen LogP contribution in [0.4, 0.5) is 5.69 Å². The molecular weight excluding hydrogens is 354 g/mol. The topological polar surface area (TPSA) is 76.3 Å². The highest BCUT2D eigenvalue weighted by Crippen LogP contribution is 2.30. The van der Waals surface area contributed by atoms with Crippen molar-refractivity contribution in [3.05, 3.63) is 66.6 Å². The summed E-state index contributed by atoms with van der Waals surface area (Å²) in [5.74, 6) is -0.631. The van der Waals surface area contributed by atoms with Crippen molar-refractivity contribution in [2.75, 3.05) is 5.32 Å². The number of para-hydroxylation sites is 1. The number of benzene rings is 2. The van der Waals surface area contributed by atoms with Crippen molar-refractivity contribution in [1.29, 1.82) is 0 Å². The minimum absolute atomic E-state index is 0.282. The Labute approximate surface area is 162 Å². The van der Waals surface area contributed by atoms with Crippen LogP contribution in [0, 0.1) is 0 Å². The molecule has 2 aromatic heterocycles. The van der Waals surface area contributed by atoms with Crippen LogP contribution in [0.15, 0.2) is 65.5 Å². The van der Waals surface area contributed by atoms with Gasteiger partial charge in [-0.05, 0) is 44.2 Å². The summed E-state index contributed by atoms with van der Waals surface area (Å²) in [6, 6.07) is 15.0. The number of aryl methyl sites for hydroxylation is 1. The largest absolute Gasteiger partial charge is 0.472 e. The van der Waals surface area contributed by atoms with Gasteiger partial charge in [-0.25, -0.2) is 0 Å². The monoisotopic (exact) mass is 375 g/mol. The third-order valence-corrected chi connectivity index (χ3v) is 4.88. The van der Waals surface area contributed by atoms with Crippen LogP contribution in [0.25, 0.3) is 21.8 Å². The molecule has 0 saturated carbocycles. The molecule has 2 heterocycles. The molecule has 2 amide bonds. The maximum absolute atomic E-state index is 12.5. The Morgan fingerprint density at radius 2 is 1.86 bits per heavy atom. The van der Waals surface area contributed by atoms with Crippen molar-refractivity contribution in [2.45, 2.75) is 26.4 Å². The molecule has 28 heavy (non-hydrogen) atoms. The van der Waals surface area contributed by atoms with Crippen LogP contribution in [0.5, 0.6) is 0 Å². The summed E-state index contributed by atoms with van der Waals surface area (Å²) in [4.78, 5) is 24.6. The maximum Gasteiger partial charge on any atom is 0.255 e. The molecule has 0 aliphatic heterocycles. The van der Waals surface area contributed by atoms with E-state index in [1.54, 1.807) is 13.0 Å². The first-order valence-electron chi connectivity index (χ1n) is 9.23. The minimum atomic E-state index is -0.685. The van der Waals surface area contributed by atoms with Crippen molar-refractivity contribution in [1.82, 2.24) is 9.88 Å². The van der Waals surface area contributed by atoms with Gasteiger partial charge in [-0.2, -0.15) is 0 Å². The fourth-order valence-electron chi connectivity index (χ4n) is 3.46. The Bertz CT molecular complexity index is 1160. The first-order valence-corrected chi connectivity index (χ1v) is 9.23. The first kappa shape index (κ1) is 17.9. The number of carbonyl (C=O) groups is 2. The van der Waals surface area contributed by atoms with Gasteiger partial charge in [0.05, 0.1) is 11.8 Å². The van der Waals surface area contributed by atoms with E-state index >= 15 is 0 Å². The molecular formula is C22H21N3O3. The summed E-state index contributed by atoms with van der Waals surface area (Å²) in [7, 11) is 0. The van der Waals surface area contributed by atoms with Crippen LogP contribution in [0.1, 0.15) is 24.2 Å². The maximum atomic E-state index is 12.5. The van der Waals surface area contributed by atoms with Gasteiger partial charge in [0, 0.05) is 34.0 Å². The number of nitrogens with zero attached hydrogens (tertiary/aromatic N) is 1. The summed E-state index contributed by atoms with van der Waals surface area (Å²) in [5.41, 5.74) is 3.38. The van der Waals surface area contributed by atoms with Crippen LogP contribution < -0.4 is 10.6 Å². The van der Waals surface area contributed by atoms with E-state index in [-0.39, 0.29) is 11.8 Å². The van der Waals surface area contributed by atoms with Crippen LogP contribution >= 0.6 is 0 Å². The van der Waals surface area contributed by atoms with Gasteiger partial charge >= 0.3 is 0 Å². The summed E-state index contributed by atoms with van der Waals surface area (Å²) in [6.07, 6.45) is 2.76. The van der Waals surface area contributed by atoms with E-state index in [0.29, 0.717) is 11.3 Å². The van der Waals surface area contributed by atoms with E-state index in [2.05, 4.69) is 34.3 Å². The summed E-state index contributed by atoms with van der Waals surface area (Å²) < 4.78 is 7.15. The van der Waals surface area contributed by atoms with Gasteiger partial charge in [-0.15, -0.1) is 0 Å². The fraction of sp³-hybridized carbons (Fsp3) is 0.182. The van der Waals surface area contributed by atoms with Crippen molar-refractivity contribution in [2.24, 2.45) is 0 Å². The standard InChI is InChI=1S/C22H21N3O3/c1-3-25-19-7-5-4-6-17(19)18-12-16(8-9-20(18)25)24-21(26)14(2)23-22(27)15-10-11-28-13-15/h4-14H,3H2,1-2H3,(H,23,27)(H,24,26). The lowest BCUT2D eigenvalue weighted by Gasteiger charge is -2.14. The van der Waals surface area contributed by atoms with Gasteiger partial charge in [0.2, 0.25) is 5.91 Å². The number of anilines is 1. The molecule has 0 spiro atoms. The molecule has 0 bridgehead atoms. The molecule has 0 saturated heterocycles. The summed E-state index contributed by atoms with van der Waals surface area (Å²) in [5, 5.41) is 7.80. The van der Waals surface area contributed by atoms with Gasteiger partial charge in [0.15, 0.2) is 0 Å². The predicted octanol–water partition coefficient (Wildman–Crippen LogP) is 4.16. The third kappa shape index (κ3) is 3.13. The van der Waals surface area contributed by atoms with Crippen molar-refractivity contribution < 1.29 is 14.0 Å². The lowest BCUT2D eigenvalue weighted by Crippen LogP contribution is -2.41. The Morgan fingerprint density at radius 1 is 1.07 bits per heavy atom. The predicted molar refractivity (Wildman–Crippen MR) is 109 cm³/mol. The number of nitrogens with one attached hydrogen (secondary N) is 2. The second kappa shape index (κ2) is 7.23. The van der Waals surface area contributed by atoms with Crippen molar-refractivity contribution in [3.63, 3.8) is 0 Å². The average molecular weight is 375 g/mol. The van der Waals surface area contributed by atoms with E-state index in [0.717, 1.165) is 22.8 Å². The number of aromatic nitrogens is 1. The number of rotatable bonds is 5. The summed E-state index contributed by atoms with van der Waals surface area (Å²) in [6.45, 7) is 4.63. The van der Waals surface area contributed by atoms with Crippen molar-refractivity contribution >= 4 is 39.3 Å². The van der Waals surface area contributed by atoms with E-state index < -0.39 is 6.04 Å². The molecule has 6 heteroatoms. The Morgan fingerprint density at radius 3 is 2.61 bits per heavy atom. The molecule has 1 atom stereocenters.